The molecule has 2 aromatic carbocycles. The van der Waals surface area contributed by atoms with Crippen LogP contribution in [0.1, 0.15) is 120 Å². The molecule has 194 valence electrons. The summed E-state index contributed by atoms with van der Waals surface area (Å²) in [5.41, 5.74) is 4.11. The Morgan fingerprint density at radius 2 is 1.37 bits per heavy atom. The molecule has 1 aliphatic rings. The second-order valence-electron chi connectivity index (χ2n) is 10.8. The van der Waals surface area contributed by atoms with Gasteiger partial charge in [-0.3, -0.25) is 0 Å². The van der Waals surface area contributed by atoms with Crippen LogP contribution in [-0.4, -0.2) is 21.7 Å². The van der Waals surface area contributed by atoms with Crippen LogP contribution in [0.5, 0.6) is 11.5 Å². The van der Waals surface area contributed by atoms with Gasteiger partial charge in [0.1, 0.15) is 11.5 Å². The molecule has 1 aliphatic carbocycles. The number of unbranched alkanes of at least 4 members (excludes halogenated alkanes) is 9. The molecule has 35 heavy (non-hydrogen) atoms. The Bertz CT molecular complexity index is 862. The Kier molecular flexibility index (Phi) is 11.9. The Labute approximate surface area is 218 Å². The van der Waals surface area contributed by atoms with E-state index >= 15 is 0 Å². The fourth-order valence-corrected chi connectivity index (χ4v) is 6.91. The summed E-state index contributed by atoms with van der Waals surface area (Å²) in [6.45, 7) is 4.69. The van der Waals surface area contributed by atoms with Crippen molar-refractivity contribution >= 4 is 11.8 Å². The molecule has 0 amide bonds. The molecule has 2 unspecified atom stereocenters. The summed E-state index contributed by atoms with van der Waals surface area (Å²) in [5.74, 6) is 3.86. The van der Waals surface area contributed by atoms with Gasteiger partial charge in [-0.2, -0.15) is 11.8 Å². The van der Waals surface area contributed by atoms with Gasteiger partial charge in [-0.25, -0.2) is 0 Å². The van der Waals surface area contributed by atoms with Gasteiger partial charge in [0.2, 0.25) is 0 Å². The zero-order valence-corrected chi connectivity index (χ0v) is 23.1. The number of fused-ring (bicyclic) bond motifs is 1. The molecule has 2 nitrogen and oxygen atoms in total. The highest BCUT2D eigenvalue weighted by Gasteiger charge is 2.40. The number of phenolic OH excluding ortho intramolecular Hbond substituents is 2. The molecule has 0 spiro atoms. The van der Waals surface area contributed by atoms with Crippen molar-refractivity contribution in [1.29, 1.82) is 0 Å². The number of benzene rings is 2. The Morgan fingerprint density at radius 1 is 0.771 bits per heavy atom. The minimum atomic E-state index is 0.0614. The molecule has 3 heteroatoms. The monoisotopic (exact) mass is 496 g/mol. The van der Waals surface area contributed by atoms with Crippen LogP contribution < -0.4 is 0 Å². The third-order valence-electron chi connectivity index (χ3n) is 8.14. The van der Waals surface area contributed by atoms with Gasteiger partial charge < -0.3 is 10.2 Å². The van der Waals surface area contributed by atoms with Gasteiger partial charge in [0.15, 0.2) is 0 Å². The van der Waals surface area contributed by atoms with Gasteiger partial charge in [0.05, 0.1) is 0 Å². The lowest BCUT2D eigenvalue weighted by Gasteiger charge is -2.43. The molecule has 0 bridgehead atoms. The van der Waals surface area contributed by atoms with Crippen molar-refractivity contribution in [3.63, 3.8) is 0 Å². The third kappa shape index (κ3) is 8.48. The van der Waals surface area contributed by atoms with Gasteiger partial charge >= 0.3 is 0 Å². The largest absolute Gasteiger partial charge is 0.508 e. The van der Waals surface area contributed by atoms with Crippen molar-refractivity contribution in [2.45, 2.75) is 115 Å². The first-order valence-corrected chi connectivity index (χ1v) is 15.4. The molecule has 0 aliphatic heterocycles. The molecule has 0 saturated heterocycles. The third-order valence-corrected chi connectivity index (χ3v) is 9.29. The summed E-state index contributed by atoms with van der Waals surface area (Å²) < 4.78 is 0. The van der Waals surface area contributed by atoms with E-state index in [1.807, 2.05) is 24.3 Å². The first kappa shape index (κ1) is 28.0. The number of aryl methyl sites for hydroxylation is 1. The standard InChI is InChI=1S/C32H48O2S/c1-3-4-5-12-23-35-24-13-10-8-6-7-9-11-14-31-30-20-19-29(34)25-26(30)21-22-32(31,2)27-15-17-28(33)18-16-27/h15-20,25,31,33-34H,3-14,21-24H2,1-2H3. The average Bonchev–Trinajstić information content (AvgIpc) is 2.86. The van der Waals surface area contributed by atoms with Gasteiger partial charge in [-0.1, -0.05) is 89.8 Å². The number of phenols is 2. The van der Waals surface area contributed by atoms with Crippen molar-refractivity contribution in [3.05, 3.63) is 59.2 Å². The van der Waals surface area contributed by atoms with Gasteiger partial charge in [0, 0.05) is 0 Å². The average molecular weight is 497 g/mol. The maximum atomic E-state index is 10.0. The highest BCUT2D eigenvalue weighted by molar-refractivity contribution is 7.99. The van der Waals surface area contributed by atoms with E-state index in [1.54, 1.807) is 0 Å². The molecule has 2 aromatic rings. The van der Waals surface area contributed by atoms with E-state index in [-0.39, 0.29) is 5.41 Å². The van der Waals surface area contributed by atoms with Crippen molar-refractivity contribution in [2.75, 3.05) is 11.5 Å². The molecule has 3 rings (SSSR count). The van der Waals surface area contributed by atoms with E-state index in [4.69, 9.17) is 0 Å². The lowest BCUT2D eigenvalue weighted by molar-refractivity contribution is 0.304. The molecule has 2 N–H and O–H groups in total. The minimum Gasteiger partial charge on any atom is -0.508 e. The lowest BCUT2D eigenvalue weighted by atomic mass is 9.60. The summed E-state index contributed by atoms with van der Waals surface area (Å²) in [4.78, 5) is 0. The number of hydrogen-bond acceptors (Lipinski definition) is 3. The van der Waals surface area contributed by atoms with Crippen LogP contribution in [0.15, 0.2) is 42.5 Å². The Morgan fingerprint density at radius 3 is 2.06 bits per heavy atom. The topological polar surface area (TPSA) is 40.5 Å². The maximum absolute atomic E-state index is 10.0. The van der Waals surface area contributed by atoms with E-state index < -0.39 is 0 Å². The highest BCUT2D eigenvalue weighted by atomic mass is 32.2. The lowest BCUT2D eigenvalue weighted by Crippen LogP contribution is -2.35. The predicted molar refractivity (Wildman–Crippen MR) is 153 cm³/mol. The van der Waals surface area contributed by atoms with E-state index in [1.165, 1.54) is 105 Å². The second kappa shape index (κ2) is 14.8. The van der Waals surface area contributed by atoms with Crippen molar-refractivity contribution < 1.29 is 10.2 Å². The summed E-state index contributed by atoms with van der Waals surface area (Å²) in [5, 5.41) is 19.8. The maximum Gasteiger partial charge on any atom is 0.115 e. The molecule has 0 saturated carbocycles. The summed E-state index contributed by atoms with van der Waals surface area (Å²) in [7, 11) is 0. The Hall–Kier alpha value is -1.61. The van der Waals surface area contributed by atoms with Crippen LogP contribution in [0.3, 0.4) is 0 Å². The summed E-state index contributed by atoms with van der Waals surface area (Å²) in [6, 6.07) is 13.9. The van der Waals surface area contributed by atoms with E-state index in [9.17, 15) is 10.2 Å². The predicted octanol–water partition coefficient (Wildman–Crippen LogP) is 9.52. The van der Waals surface area contributed by atoms with Gasteiger partial charge in [-0.15, -0.1) is 0 Å². The summed E-state index contributed by atoms with van der Waals surface area (Å²) >= 11 is 2.16. The van der Waals surface area contributed by atoms with E-state index in [0.29, 0.717) is 17.4 Å². The summed E-state index contributed by atoms with van der Waals surface area (Å²) in [6.07, 6.45) is 18.2. The van der Waals surface area contributed by atoms with Crippen molar-refractivity contribution in [2.24, 2.45) is 0 Å². The van der Waals surface area contributed by atoms with Crippen LogP contribution in [-0.2, 0) is 11.8 Å². The quantitative estimate of drug-likeness (QED) is 0.227. The first-order chi connectivity index (χ1) is 17.0. The molecule has 0 radical (unpaired) electrons. The first-order valence-electron chi connectivity index (χ1n) is 14.2. The number of thioether (sulfide) groups is 1. The molecule has 0 heterocycles. The number of hydrogen-bond donors (Lipinski definition) is 2. The fraction of sp³-hybridized carbons (Fsp3) is 0.625. The molecule has 0 aromatic heterocycles. The molecule has 2 atom stereocenters. The van der Waals surface area contributed by atoms with Crippen molar-refractivity contribution in [3.8, 4) is 11.5 Å². The van der Waals surface area contributed by atoms with Gasteiger partial charge in [-0.05, 0) is 95.9 Å². The zero-order chi connectivity index (χ0) is 24.9. The van der Waals surface area contributed by atoms with Crippen LogP contribution in [0.25, 0.3) is 0 Å². The minimum absolute atomic E-state index is 0.0614. The fourth-order valence-electron chi connectivity index (χ4n) is 5.89. The SMILES string of the molecule is CCCCCCSCCCCCCCCCC1c2ccc(O)cc2CCC1(C)c1ccc(O)cc1. The zero-order valence-electron chi connectivity index (χ0n) is 22.2. The van der Waals surface area contributed by atoms with Gasteiger partial charge in [0.25, 0.3) is 0 Å². The smallest absolute Gasteiger partial charge is 0.115 e. The van der Waals surface area contributed by atoms with E-state index in [0.717, 1.165) is 12.8 Å². The highest BCUT2D eigenvalue weighted by Crippen LogP contribution is 2.50. The molecule has 0 fully saturated rings. The number of aromatic hydroxyl groups is 2. The van der Waals surface area contributed by atoms with Crippen molar-refractivity contribution in [1.82, 2.24) is 0 Å². The second-order valence-corrected chi connectivity index (χ2v) is 12.1. The van der Waals surface area contributed by atoms with Crippen LogP contribution in [0.2, 0.25) is 0 Å². The van der Waals surface area contributed by atoms with Crippen LogP contribution in [0.4, 0.5) is 0 Å². The molecular weight excluding hydrogens is 448 g/mol. The normalized spacial score (nSPS) is 19.5. The number of rotatable bonds is 16. The van der Waals surface area contributed by atoms with Crippen LogP contribution in [0, 0.1) is 0 Å². The van der Waals surface area contributed by atoms with E-state index in [2.05, 4.69) is 43.8 Å². The molecular formula is C32H48O2S. The Balaban J connectivity index is 1.42. The van der Waals surface area contributed by atoms with Crippen LogP contribution >= 0.6 is 11.8 Å².